The Balaban J connectivity index is 1.55. The van der Waals surface area contributed by atoms with Crippen molar-refractivity contribution < 1.29 is 14.3 Å². The largest absolute Gasteiger partial charge is 0.399 e. The Labute approximate surface area is 118 Å². The van der Waals surface area contributed by atoms with Gasteiger partial charge in [-0.05, 0) is 12.1 Å². The minimum Gasteiger partial charge on any atom is -0.399 e. The van der Waals surface area contributed by atoms with E-state index in [9.17, 15) is 4.79 Å². The number of benzene rings is 1. The fourth-order valence-corrected chi connectivity index (χ4v) is 2.84. The van der Waals surface area contributed by atoms with Crippen molar-refractivity contribution >= 4 is 11.5 Å². The number of piperidine rings is 1. The molecule has 108 valence electrons. The molecule has 1 spiro atoms. The Morgan fingerprint density at radius 2 is 1.95 bits per heavy atom. The van der Waals surface area contributed by atoms with E-state index in [1.807, 2.05) is 12.1 Å². The molecule has 0 saturated carbocycles. The molecule has 0 aromatic heterocycles. The van der Waals surface area contributed by atoms with Crippen LogP contribution in [0.3, 0.4) is 0 Å². The molecular weight excluding hydrogens is 256 g/mol. The molecule has 1 aromatic carbocycles. The van der Waals surface area contributed by atoms with Crippen LogP contribution in [0.5, 0.6) is 0 Å². The van der Waals surface area contributed by atoms with Crippen LogP contribution in [-0.4, -0.2) is 49.3 Å². The predicted octanol–water partition coefficient (Wildman–Crippen LogP) is 1.29. The minimum atomic E-state index is -0.378. The Morgan fingerprint density at radius 3 is 2.60 bits per heavy atom. The van der Waals surface area contributed by atoms with E-state index in [1.165, 1.54) is 0 Å². The highest BCUT2D eigenvalue weighted by molar-refractivity contribution is 5.98. The van der Waals surface area contributed by atoms with Gasteiger partial charge in [-0.15, -0.1) is 0 Å². The number of ether oxygens (including phenoxy) is 2. The summed E-state index contributed by atoms with van der Waals surface area (Å²) in [6.07, 6.45) is 1.66. The zero-order chi connectivity index (χ0) is 14.0. The fourth-order valence-electron chi connectivity index (χ4n) is 2.84. The second-order valence-electron chi connectivity index (χ2n) is 5.43. The number of carbonyl (C=O) groups is 1. The third-order valence-electron chi connectivity index (χ3n) is 4.01. The van der Waals surface area contributed by atoms with Gasteiger partial charge in [0.15, 0.2) is 11.6 Å². The molecule has 2 saturated heterocycles. The molecule has 2 aliphatic heterocycles. The highest BCUT2D eigenvalue weighted by atomic mass is 16.7. The summed E-state index contributed by atoms with van der Waals surface area (Å²) in [5.74, 6) is -0.266. The first-order valence-electron chi connectivity index (χ1n) is 7.06. The lowest BCUT2D eigenvalue weighted by Gasteiger charge is -2.37. The van der Waals surface area contributed by atoms with Crippen molar-refractivity contribution in [2.75, 3.05) is 38.6 Å². The Morgan fingerprint density at radius 1 is 1.25 bits per heavy atom. The Hall–Kier alpha value is -1.43. The summed E-state index contributed by atoms with van der Waals surface area (Å²) in [4.78, 5) is 14.4. The van der Waals surface area contributed by atoms with Crippen molar-refractivity contribution in [3.63, 3.8) is 0 Å². The van der Waals surface area contributed by atoms with E-state index in [4.69, 9.17) is 15.2 Å². The number of nitrogen functional groups attached to an aromatic ring is 1. The third kappa shape index (κ3) is 2.85. The smallest absolute Gasteiger partial charge is 0.176 e. The normalized spacial score (nSPS) is 22.2. The average molecular weight is 276 g/mol. The lowest BCUT2D eigenvalue weighted by atomic mass is 10.0. The molecule has 0 bridgehead atoms. The van der Waals surface area contributed by atoms with Gasteiger partial charge in [0.2, 0.25) is 0 Å². The van der Waals surface area contributed by atoms with E-state index in [0.29, 0.717) is 31.0 Å². The van der Waals surface area contributed by atoms with Crippen LogP contribution in [0.4, 0.5) is 5.69 Å². The van der Waals surface area contributed by atoms with Crippen LogP contribution in [0.1, 0.15) is 23.2 Å². The minimum absolute atomic E-state index is 0.113. The van der Waals surface area contributed by atoms with E-state index in [2.05, 4.69) is 4.90 Å². The van der Waals surface area contributed by atoms with Gasteiger partial charge >= 0.3 is 0 Å². The van der Waals surface area contributed by atoms with Crippen molar-refractivity contribution in [2.24, 2.45) is 0 Å². The molecule has 20 heavy (non-hydrogen) atoms. The van der Waals surface area contributed by atoms with Gasteiger partial charge in [0.25, 0.3) is 0 Å². The Bertz CT molecular complexity index is 488. The summed E-state index contributed by atoms with van der Waals surface area (Å²) < 4.78 is 11.4. The number of likely N-dealkylation sites (tertiary alicyclic amines) is 1. The summed E-state index contributed by atoms with van der Waals surface area (Å²) in [5.41, 5.74) is 7.01. The topological polar surface area (TPSA) is 64.8 Å². The molecule has 0 atom stereocenters. The van der Waals surface area contributed by atoms with Crippen LogP contribution in [0.2, 0.25) is 0 Å². The van der Waals surface area contributed by atoms with E-state index in [1.54, 1.807) is 12.1 Å². The molecule has 0 amide bonds. The van der Waals surface area contributed by atoms with E-state index < -0.39 is 0 Å². The van der Waals surface area contributed by atoms with Crippen LogP contribution in [-0.2, 0) is 9.47 Å². The number of carbonyl (C=O) groups excluding carboxylic acids is 1. The summed E-state index contributed by atoms with van der Waals surface area (Å²) in [5, 5.41) is 0. The lowest BCUT2D eigenvalue weighted by molar-refractivity contribution is -0.184. The second kappa shape index (κ2) is 5.52. The number of hydrogen-bond donors (Lipinski definition) is 1. The van der Waals surface area contributed by atoms with Gasteiger partial charge in [-0.1, -0.05) is 12.1 Å². The number of Topliss-reactive ketones (excluding diaryl/α,β-unsaturated/α-hetero) is 1. The fraction of sp³-hybridized carbons (Fsp3) is 0.533. The molecule has 0 unspecified atom stereocenters. The van der Waals surface area contributed by atoms with Gasteiger partial charge in [0.1, 0.15) is 0 Å². The Kier molecular flexibility index (Phi) is 3.74. The maximum atomic E-state index is 12.2. The number of hydrogen-bond acceptors (Lipinski definition) is 5. The predicted molar refractivity (Wildman–Crippen MR) is 75.5 cm³/mol. The molecule has 0 aliphatic carbocycles. The summed E-state index contributed by atoms with van der Waals surface area (Å²) >= 11 is 0. The SMILES string of the molecule is Nc1cccc(C(=O)CN2CCC3(CC2)OCCO3)c1. The van der Waals surface area contributed by atoms with Crippen molar-refractivity contribution in [3.05, 3.63) is 29.8 Å². The van der Waals surface area contributed by atoms with Crippen LogP contribution >= 0.6 is 0 Å². The summed E-state index contributed by atoms with van der Waals surface area (Å²) in [7, 11) is 0. The van der Waals surface area contributed by atoms with Crippen LogP contribution in [0.25, 0.3) is 0 Å². The van der Waals surface area contributed by atoms with Crippen molar-refractivity contribution in [1.29, 1.82) is 0 Å². The standard InChI is InChI=1S/C15H20N2O3/c16-13-3-1-2-12(10-13)14(18)11-17-6-4-15(5-7-17)19-8-9-20-15/h1-3,10H,4-9,11,16H2. The van der Waals surface area contributed by atoms with Gasteiger partial charge < -0.3 is 15.2 Å². The molecule has 2 N–H and O–H groups in total. The molecule has 2 aliphatic rings. The van der Waals surface area contributed by atoms with Crippen LogP contribution < -0.4 is 5.73 Å². The number of ketones is 1. The highest BCUT2D eigenvalue weighted by Crippen LogP contribution is 2.31. The molecule has 0 radical (unpaired) electrons. The van der Waals surface area contributed by atoms with Crippen molar-refractivity contribution in [1.82, 2.24) is 4.90 Å². The van der Waals surface area contributed by atoms with E-state index >= 15 is 0 Å². The quantitative estimate of drug-likeness (QED) is 0.665. The lowest BCUT2D eigenvalue weighted by Crippen LogP contribution is -2.46. The van der Waals surface area contributed by atoms with Gasteiger partial charge in [-0.3, -0.25) is 9.69 Å². The molecule has 2 fully saturated rings. The number of nitrogens with zero attached hydrogens (tertiary/aromatic N) is 1. The van der Waals surface area contributed by atoms with Crippen LogP contribution in [0.15, 0.2) is 24.3 Å². The molecule has 2 heterocycles. The molecular formula is C15H20N2O3. The summed E-state index contributed by atoms with van der Waals surface area (Å²) in [6.45, 7) is 3.45. The maximum Gasteiger partial charge on any atom is 0.176 e. The monoisotopic (exact) mass is 276 g/mol. The van der Waals surface area contributed by atoms with Crippen LogP contribution in [0, 0.1) is 0 Å². The summed E-state index contributed by atoms with van der Waals surface area (Å²) in [6, 6.07) is 7.15. The van der Waals surface area contributed by atoms with E-state index in [-0.39, 0.29) is 11.6 Å². The van der Waals surface area contributed by atoms with Gasteiger partial charge in [-0.2, -0.15) is 0 Å². The van der Waals surface area contributed by atoms with E-state index in [0.717, 1.165) is 25.9 Å². The van der Waals surface area contributed by atoms with Crippen molar-refractivity contribution in [3.8, 4) is 0 Å². The molecule has 1 aromatic rings. The zero-order valence-electron chi connectivity index (χ0n) is 11.5. The van der Waals surface area contributed by atoms with Gasteiger partial charge in [0.05, 0.1) is 19.8 Å². The second-order valence-corrected chi connectivity index (χ2v) is 5.43. The first kappa shape index (κ1) is 13.5. The number of anilines is 1. The van der Waals surface area contributed by atoms with Gasteiger partial charge in [0, 0.05) is 37.2 Å². The average Bonchev–Trinajstić information content (AvgIpc) is 2.90. The molecule has 5 heteroatoms. The first-order chi connectivity index (χ1) is 9.67. The first-order valence-corrected chi connectivity index (χ1v) is 7.06. The highest BCUT2D eigenvalue weighted by Gasteiger charge is 2.39. The molecule has 5 nitrogen and oxygen atoms in total. The van der Waals surface area contributed by atoms with Crippen molar-refractivity contribution in [2.45, 2.75) is 18.6 Å². The van der Waals surface area contributed by atoms with Gasteiger partial charge in [-0.25, -0.2) is 0 Å². The number of rotatable bonds is 3. The zero-order valence-corrected chi connectivity index (χ0v) is 11.5. The number of nitrogens with two attached hydrogens (primary N) is 1. The maximum absolute atomic E-state index is 12.2. The third-order valence-corrected chi connectivity index (χ3v) is 4.01. The molecule has 3 rings (SSSR count).